The zero-order valence-electron chi connectivity index (χ0n) is 16.4. The molecule has 0 radical (unpaired) electrons. The standard InChI is InChI=1S/C21H18ClN3O5S/c1-31(29,30)24(19-6-2-4-17(22)12-19)14-15-8-10-16(11-9-15)21(26)23-18-5-3-7-20(13-18)25(27)28/h2-13H,14H2,1H3,(H,23,26). The van der Waals surface area contributed by atoms with Crippen molar-refractivity contribution in [2.24, 2.45) is 0 Å². The topological polar surface area (TPSA) is 110 Å². The molecule has 160 valence electrons. The van der Waals surface area contributed by atoms with Crippen molar-refractivity contribution in [2.75, 3.05) is 15.9 Å². The first-order valence-corrected chi connectivity index (χ1v) is 11.2. The summed E-state index contributed by atoms with van der Waals surface area (Å²) in [6, 6.07) is 18.5. The zero-order chi connectivity index (χ0) is 22.6. The number of non-ortho nitro benzene ring substituents is 1. The molecule has 1 amide bonds. The van der Waals surface area contributed by atoms with Crippen molar-refractivity contribution in [3.05, 3.63) is 99.1 Å². The number of anilines is 2. The Morgan fingerprint density at radius 1 is 1.06 bits per heavy atom. The van der Waals surface area contributed by atoms with Crippen LogP contribution in [0.15, 0.2) is 72.8 Å². The number of nitrogens with one attached hydrogen (secondary N) is 1. The number of carbonyl (C=O) groups is 1. The van der Waals surface area contributed by atoms with Gasteiger partial charge in [0.05, 0.1) is 23.4 Å². The van der Waals surface area contributed by atoms with Crippen LogP contribution in [0.2, 0.25) is 5.02 Å². The molecule has 0 bridgehead atoms. The van der Waals surface area contributed by atoms with Crippen LogP contribution < -0.4 is 9.62 Å². The van der Waals surface area contributed by atoms with Crippen molar-refractivity contribution < 1.29 is 18.1 Å². The SMILES string of the molecule is CS(=O)(=O)N(Cc1ccc(C(=O)Nc2cccc([N+](=O)[O-])c2)cc1)c1cccc(Cl)c1. The van der Waals surface area contributed by atoms with Crippen LogP contribution in [0.1, 0.15) is 15.9 Å². The van der Waals surface area contributed by atoms with Gasteiger partial charge >= 0.3 is 0 Å². The van der Waals surface area contributed by atoms with Crippen LogP contribution in [0.25, 0.3) is 0 Å². The zero-order valence-corrected chi connectivity index (χ0v) is 17.9. The second-order valence-corrected chi connectivity index (χ2v) is 9.05. The van der Waals surface area contributed by atoms with E-state index in [1.54, 1.807) is 54.6 Å². The summed E-state index contributed by atoms with van der Waals surface area (Å²) < 4.78 is 25.8. The van der Waals surface area contributed by atoms with Gasteiger partial charge in [-0.05, 0) is 42.0 Å². The van der Waals surface area contributed by atoms with E-state index in [1.807, 2.05) is 0 Å². The normalized spacial score (nSPS) is 11.0. The van der Waals surface area contributed by atoms with Crippen LogP contribution in [0.3, 0.4) is 0 Å². The molecule has 3 rings (SSSR count). The van der Waals surface area contributed by atoms with Gasteiger partial charge in [0, 0.05) is 28.4 Å². The lowest BCUT2D eigenvalue weighted by atomic mass is 10.1. The first-order chi connectivity index (χ1) is 14.6. The van der Waals surface area contributed by atoms with E-state index in [0.717, 1.165) is 6.26 Å². The number of hydrogen-bond donors (Lipinski definition) is 1. The van der Waals surface area contributed by atoms with E-state index < -0.39 is 20.9 Å². The molecule has 0 aliphatic heterocycles. The van der Waals surface area contributed by atoms with Gasteiger partial charge in [0.25, 0.3) is 11.6 Å². The van der Waals surface area contributed by atoms with Gasteiger partial charge in [0.15, 0.2) is 0 Å². The van der Waals surface area contributed by atoms with Crippen LogP contribution in [0.4, 0.5) is 17.1 Å². The second kappa shape index (κ2) is 9.15. The lowest BCUT2D eigenvalue weighted by Crippen LogP contribution is -2.29. The summed E-state index contributed by atoms with van der Waals surface area (Å²) in [5.41, 5.74) is 1.59. The third-order valence-corrected chi connectivity index (χ3v) is 5.73. The summed E-state index contributed by atoms with van der Waals surface area (Å²) in [4.78, 5) is 22.8. The first kappa shape index (κ1) is 22.3. The third kappa shape index (κ3) is 5.80. The van der Waals surface area contributed by atoms with Crippen molar-refractivity contribution in [3.8, 4) is 0 Å². The summed E-state index contributed by atoms with van der Waals surface area (Å²) in [6.07, 6.45) is 1.11. The van der Waals surface area contributed by atoms with Gasteiger partial charge in [-0.15, -0.1) is 0 Å². The van der Waals surface area contributed by atoms with E-state index in [4.69, 9.17) is 11.6 Å². The van der Waals surface area contributed by atoms with Gasteiger partial charge in [-0.2, -0.15) is 0 Å². The Hall–Kier alpha value is -3.43. The van der Waals surface area contributed by atoms with Crippen molar-refractivity contribution in [2.45, 2.75) is 6.54 Å². The molecule has 1 N–H and O–H groups in total. The molecule has 0 aromatic heterocycles. The van der Waals surface area contributed by atoms with Gasteiger partial charge in [-0.3, -0.25) is 19.2 Å². The monoisotopic (exact) mass is 459 g/mol. The Morgan fingerprint density at radius 2 is 1.74 bits per heavy atom. The van der Waals surface area contributed by atoms with Gasteiger partial charge in [-0.25, -0.2) is 8.42 Å². The number of amides is 1. The summed E-state index contributed by atoms with van der Waals surface area (Å²) in [7, 11) is -3.57. The minimum atomic E-state index is -3.57. The Balaban J connectivity index is 1.76. The second-order valence-electron chi connectivity index (χ2n) is 6.71. The maximum atomic E-state index is 12.4. The number of sulfonamides is 1. The fourth-order valence-corrected chi connectivity index (χ4v) is 3.92. The van der Waals surface area contributed by atoms with Gasteiger partial charge in [-0.1, -0.05) is 35.9 Å². The number of carbonyl (C=O) groups excluding carboxylic acids is 1. The van der Waals surface area contributed by atoms with Crippen LogP contribution in [0.5, 0.6) is 0 Å². The number of nitrogens with zero attached hydrogens (tertiary/aromatic N) is 2. The van der Waals surface area contributed by atoms with E-state index in [-0.39, 0.29) is 12.2 Å². The average Bonchev–Trinajstić information content (AvgIpc) is 2.71. The minimum absolute atomic E-state index is 0.0615. The predicted octanol–water partition coefficient (Wildman–Crippen LogP) is 4.47. The molecule has 0 aliphatic rings. The molecule has 0 fully saturated rings. The number of hydrogen-bond acceptors (Lipinski definition) is 5. The number of benzene rings is 3. The minimum Gasteiger partial charge on any atom is -0.322 e. The number of nitro groups is 1. The molecule has 0 spiro atoms. The molecule has 3 aromatic carbocycles. The van der Waals surface area contributed by atoms with Crippen molar-refractivity contribution in [1.29, 1.82) is 0 Å². The quantitative estimate of drug-likeness (QED) is 0.414. The molecular weight excluding hydrogens is 442 g/mol. The van der Waals surface area contributed by atoms with E-state index in [1.165, 1.54) is 22.5 Å². The Kier molecular flexibility index (Phi) is 6.57. The molecule has 31 heavy (non-hydrogen) atoms. The molecule has 0 saturated carbocycles. The lowest BCUT2D eigenvalue weighted by Gasteiger charge is -2.22. The number of nitro benzene ring substituents is 1. The lowest BCUT2D eigenvalue weighted by molar-refractivity contribution is -0.384. The first-order valence-electron chi connectivity index (χ1n) is 9.01. The fourth-order valence-electron chi connectivity index (χ4n) is 2.86. The van der Waals surface area contributed by atoms with Crippen molar-refractivity contribution in [3.63, 3.8) is 0 Å². The summed E-state index contributed by atoms with van der Waals surface area (Å²) in [5.74, 6) is -0.443. The van der Waals surface area contributed by atoms with Crippen LogP contribution in [-0.4, -0.2) is 25.5 Å². The summed E-state index contributed by atoms with van der Waals surface area (Å²) in [5, 5.41) is 13.9. The van der Waals surface area contributed by atoms with Crippen LogP contribution in [-0.2, 0) is 16.6 Å². The van der Waals surface area contributed by atoms with Crippen molar-refractivity contribution >= 4 is 44.6 Å². The predicted molar refractivity (Wildman–Crippen MR) is 120 cm³/mol. The molecule has 0 aliphatic carbocycles. The molecule has 8 nitrogen and oxygen atoms in total. The molecule has 0 heterocycles. The van der Waals surface area contributed by atoms with Gasteiger partial charge in [0.2, 0.25) is 10.0 Å². The maximum absolute atomic E-state index is 12.4. The maximum Gasteiger partial charge on any atom is 0.271 e. The Morgan fingerprint density at radius 3 is 2.35 bits per heavy atom. The highest BCUT2D eigenvalue weighted by atomic mass is 35.5. The van der Waals surface area contributed by atoms with E-state index in [0.29, 0.717) is 27.5 Å². The van der Waals surface area contributed by atoms with E-state index in [9.17, 15) is 23.3 Å². The molecule has 0 unspecified atom stereocenters. The highest BCUT2D eigenvalue weighted by Gasteiger charge is 2.18. The Bertz CT molecular complexity index is 1230. The van der Waals surface area contributed by atoms with Gasteiger partial charge in [0.1, 0.15) is 0 Å². The fraction of sp³-hybridized carbons (Fsp3) is 0.0952. The molecule has 10 heteroatoms. The summed E-state index contributed by atoms with van der Waals surface area (Å²) in [6.45, 7) is 0.0615. The van der Waals surface area contributed by atoms with Gasteiger partial charge < -0.3 is 5.32 Å². The number of rotatable bonds is 7. The molecule has 0 saturated heterocycles. The van der Waals surface area contributed by atoms with Crippen LogP contribution >= 0.6 is 11.6 Å². The third-order valence-electron chi connectivity index (χ3n) is 4.35. The van der Waals surface area contributed by atoms with E-state index >= 15 is 0 Å². The smallest absolute Gasteiger partial charge is 0.271 e. The van der Waals surface area contributed by atoms with Crippen molar-refractivity contribution in [1.82, 2.24) is 0 Å². The highest BCUT2D eigenvalue weighted by molar-refractivity contribution is 7.92. The summed E-state index contributed by atoms with van der Waals surface area (Å²) >= 11 is 5.99. The van der Waals surface area contributed by atoms with Crippen LogP contribution in [0, 0.1) is 10.1 Å². The Labute approximate surface area is 184 Å². The molecular formula is C21H18ClN3O5S. The average molecular weight is 460 g/mol. The highest BCUT2D eigenvalue weighted by Crippen LogP contribution is 2.24. The number of halogens is 1. The largest absolute Gasteiger partial charge is 0.322 e. The molecule has 0 atom stereocenters. The molecule has 3 aromatic rings. The van der Waals surface area contributed by atoms with E-state index in [2.05, 4.69) is 5.32 Å².